The first-order valence-electron chi connectivity index (χ1n) is 10.8. The molecular weight excluding hydrogens is 480 g/mol. The summed E-state index contributed by atoms with van der Waals surface area (Å²) < 4.78 is 61.7. The van der Waals surface area contributed by atoms with Crippen LogP contribution in [0.5, 0.6) is 0 Å². The van der Waals surface area contributed by atoms with Gasteiger partial charge in [0.1, 0.15) is 17.8 Å². The van der Waals surface area contributed by atoms with Crippen LogP contribution < -0.4 is 5.32 Å². The van der Waals surface area contributed by atoms with Crippen LogP contribution in [0.15, 0.2) is 75.8 Å². The molecule has 0 aliphatic carbocycles. The van der Waals surface area contributed by atoms with Gasteiger partial charge in [0, 0.05) is 28.7 Å². The van der Waals surface area contributed by atoms with Crippen molar-refractivity contribution in [1.29, 1.82) is 0 Å². The predicted molar refractivity (Wildman–Crippen MR) is 122 cm³/mol. The van der Waals surface area contributed by atoms with Crippen LogP contribution >= 0.6 is 0 Å². The molecule has 0 bridgehead atoms. The maximum atomic E-state index is 13.2. The second kappa shape index (κ2) is 9.44. The zero-order valence-corrected chi connectivity index (χ0v) is 19.2. The van der Waals surface area contributed by atoms with Crippen molar-refractivity contribution in [2.45, 2.75) is 25.4 Å². The summed E-state index contributed by atoms with van der Waals surface area (Å²) in [5, 5.41) is 2.81. The number of carbonyl (C=O) groups is 2. The van der Waals surface area contributed by atoms with Gasteiger partial charge in [0.25, 0.3) is 5.91 Å². The molecule has 186 valence electrons. The van der Waals surface area contributed by atoms with Crippen molar-refractivity contribution in [3.05, 3.63) is 89.8 Å². The summed E-state index contributed by atoms with van der Waals surface area (Å²) in [5.41, 5.74) is 1.15. The molecule has 6 nitrogen and oxygen atoms in total. The van der Waals surface area contributed by atoms with Gasteiger partial charge in [-0.1, -0.05) is 26.0 Å². The molecule has 36 heavy (non-hydrogen) atoms. The Bertz CT molecular complexity index is 1400. The summed E-state index contributed by atoms with van der Waals surface area (Å²) >= 11 is 0. The second-order valence-corrected chi connectivity index (χ2v) is 8.68. The number of amides is 1. The number of rotatable bonds is 7. The number of Topliss-reactive ketones (excluding diaryl/α,β-unsaturated/α-hetero) is 1. The number of ketones is 1. The topological polar surface area (TPSA) is 85.3 Å². The second-order valence-electron chi connectivity index (χ2n) is 8.68. The van der Waals surface area contributed by atoms with Gasteiger partial charge in [-0.2, -0.15) is 13.2 Å². The first kappa shape index (κ1) is 24.9. The third-order valence-corrected chi connectivity index (χ3v) is 5.48. The summed E-state index contributed by atoms with van der Waals surface area (Å²) in [7, 11) is 0. The molecule has 0 radical (unpaired) electrons. The Balaban J connectivity index is 1.44. The predicted octanol–water partition coefficient (Wildman–Crippen LogP) is 6.19. The number of aromatic nitrogens is 1. The Hall–Kier alpha value is -4.21. The molecule has 2 heterocycles. The third-order valence-electron chi connectivity index (χ3n) is 5.48. The van der Waals surface area contributed by atoms with Gasteiger partial charge in [-0.05, 0) is 48.5 Å². The summed E-state index contributed by atoms with van der Waals surface area (Å²) in [4.78, 5) is 28.6. The lowest BCUT2D eigenvalue weighted by molar-refractivity contribution is -0.0899. The van der Waals surface area contributed by atoms with E-state index in [0.717, 1.165) is 6.07 Å². The van der Waals surface area contributed by atoms with Crippen LogP contribution in [0.3, 0.4) is 0 Å². The van der Waals surface area contributed by atoms with Gasteiger partial charge in [0.2, 0.25) is 5.89 Å². The fourth-order valence-corrected chi connectivity index (χ4v) is 3.37. The molecular formula is C26H20F4N2O4. The van der Waals surface area contributed by atoms with Crippen LogP contribution in [0.25, 0.3) is 22.8 Å². The molecule has 1 amide bonds. The SMILES string of the molecule is CC(C)(CNC(=O)c1cccc(-c2ccc(C(=O)C(F)(F)F)o2)c1)c1coc(-c2ccc(F)cc2)n1. The number of carbonyl (C=O) groups excluding carboxylic acids is 2. The summed E-state index contributed by atoms with van der Waals surface area (Å²) in [6.07, 6.45) is -3.57. The van der Waals surface area contributed by atoms with E-state index in [9.17, 15) is 27.2 Å². The van der Waals surface area contributed by atoms with E-state index in [0.29, 0.717) is 22.7 Å². The van der Waals surface area contributed by atoms with Gasteiger partial charge in [-0.3, -0.25) is 9.59 Å². The molecule has 0 spiro atoms. The number of nitrogens with one attached hydrogen (secondary N) is 1. The van der Waals surface area contributed by atoms with Gasteiger partial charge in [-0.15, -0.1) is 0 Å². The fraction of sp³-hybridized carbons (Fsp3) is 0.192. The van der Waals surface area contributed by atoms with Crippen LogP contribution in [0.1, 0.15) is 40.5 Å². The average Bonchev–Trinajstić information content (AvgIpc) is 3.53. The molecule has 10 heteroatoms. The minimum absolute atomic E-state index is 0.0218. The molecule has 0 fully saturated rings. The molecule has 4 aromatic rings. The van der Waals surface area contributed by atoms with E-state index >= 15 is 0 Å². The summed E-state index contributed by atoms with van der Waals surface area (Å²) in [6, 6.07) is 14.0. The smallest absolute Gasteiger partial charge is 0.453 e. The molecule has 0 aliphatic heterocycles. The van der Waals surface area contributed by atoms with E-state index in [2.05, 4.69) is 10.3 Å². The zero-order chi connectivity index (χ0) is 26.1. The zero-order valence-electron chi connectivity index (χ0n) is 19.2. The standard InChI is InChI=1S/C26H20F4N2O4/c1-25(2,21-13-35-24(32-21)15-6-8-18(27)9-7-15)14-31-23(34)17-5-3-4-16(12-17)19-10-11-20(36-19)22(33)26(28,29)30/h3-13H,14H2,1-2H3,(H,31,34). The summed E-state index contributed by atoms with van der Waals surface area (Å²) in [5.74, 6) is -3.38. The van der Waals surface area contributed by atoms with E-state index in [4.69, 9.17) is 8.83 Å². The quantitative estimate of drug-likeness (QED) is 0.242. The maximum Gasteiger partial charge on any atom is 0.458 e. The van der Waals surface area contributed by atoms with Crippen molar-refractivity contribution in [2.75, 3.05) is 6.54 Å². The molecule has 0 atom stereocenters. The largest absolute Gasteiger partial charge is 0.458 e. The fourth-order valence-electron chi connectivity index (χ4n) is 3.37. The van der Waals surface area contributed by atoms with Crippen molar-refractivity contribution in [3.63, 3.8) is 0 Å². The lowest BCUT2D eigenvalue weighted by Gasteiger charge is -2.22. The maximum absolute atomic E-state index is 13.2. The van der Waals surface area contributed by atoms with Crippen molar-refractivity contribution < 1.29 is 36.0 Å². The van der Waals surface area contributed by atoms with Crippen LogP contribution in [0.2, 0.25) is 0 Å². The van der Waals surface area contributed by atoms with E-state index in [1.165, 1.54) is 30.5 Å². The Kier molecular flexibility index (Phi) is 6.53. The van der Waals surface area contributed by atoms with Crippen molar-refractivity contribution in [1.82, 2.24) is 10.3 Å². The number of hydrogen-bond acceptors (Lipinski definition) is 5. The molecule has 0 saturated heterocycles. The Morgan fingerprint density at radius 3 is 2.39 bits per heavy atom. The normalized spacial score (nSPS) is 11.9. The Morgan fingerprint density at radius 2 is 1.69 bits per heavy atom. The number of furan rings is 1. The van der Waals surface area contributed by atoms with Crippen LogP contribution in [-0.4, -0.2) is 29.4 Å². The van der Waals surface area contributed by atoms with Gasteiger partial charge < -0.3 is 14.2 Å². The molecule has 4 rings (SSSR count). The van der Waals surface area contributed by atoms with Crippen molar-refractivity contribution in [3.8, 4) is 22.8 Å². The van der Waals surface area contributed by atoms with Gasteiger partial charge in [0.15, 0.2) is 5.76 Å². The Labute approximate surface area is 203 Å². The third kappa shape index (κ3) is 5.37. The molecule has 1 N–H and O–H groups in total. The van der Waals surface area contributed by atoms with Gasteiger partial charge >= 0.3 is 12.0 Å². The van der Waals surface area contributed by atoms with Gasteiger partial charge in [0.05, 0.1) is 5.69 Å². The molecule has 0 unspecified atom stereocenters. The number of benzene rings is 2. The lowest BCUT2D eigenvalue weighted by atomic mass is 9.90. The minimum Gasteiger partial charge on any atom is -0.453 e. The summed E-state index contributed by atoms with van der Waals surface area (Å²) in [6.45, 7) is 3.91. The van der Waals surface area contributed by atoms with Gasteiger partial charge in [-0.25, -0.2) is 9.37 Å². The highest BCUT2D eigenvalue weighted by atomic mass is 19.4. The Morgan fingerprint density at radius 1 is 0.972 bits per heavy atom. The first-order valence-corrected chi connectivity index (χ1v) is 10.8. The van der Waals surface area contributed by atoms with Crippen molar-refractivity contribution in [2.24, 2.45) is 0 Å². The number of alkyl halides is 3. The number of nitrogens with zero attached hydrogens (tertiary/aromatic N) is 1. The number of halogens is 4. The van der Waals surface area contributed by atoms with Crippen molar-refractivity contribution >= 4 is 11.7 Å². The van der Waals surface area contributed by atoms with Crippen LogP contribution in [-0.2, 0) is 5.41 Å². The van der Waals surface area contributed by atoms with E-state index in [1.54, 1.807) is 30.3 Å². The highest BCUT2D eigenvalue weighted by Gasteiger charge is 2.41. The molecule has 0 aliphatic rings. The number of oxazole rings is 1. The molecule has 2 aromatic heterocycles. The number of hydrogen-bond donors (Lipinski definition) is 1. The highest BCUT2D eigenvalue weighted by molar-refractivity contribution is 5.98. The minimum atomic E-state index is -5.05. The van der Waals surface area contributed by atoms with E-state index < -0.39 is 29.0 Å². The molecule has 2 aromatic carbocycles. The molecule has 0 saturated carbocycles. The van der Waals surface area contributed by atoms with Crippen LogP contribution in [0.4, 0.5) is 17.6 Å². The van der Waals surface area contributed by atoms with E-state index in [-0.39, 0.29) is 23.7 Å². The van der Waals surface area contributed by atoms with Crippen LogP contribution in [0, 0.1) is 5.82 Å². The highest BCUT2D eigenvalue weighted by Crippen LogP contribution is 2.29. The lowest BCUT2D eigenvalue weighted by Crippen LogP contribution is -2.37. The first-order chi connectivity index (χ1) is 16.9. The monoisotopic (exact) mass is 500 g/mol. The average molecular weight is 500 g/mol. The van der Waals surface area contributed by atoms with E-state index in [1.807, 2.05) is 13.8 Å².